The van der Waals surface area contributed by atoms with Crippen molar-refractivity contribution in [3.05, 3.63) is 47.9 Å². The molecule has 0 bridgehead atoms. The SMILES string of the molecule is O=C(CN1CCOCC1)N1CCCC(c2cncc(-c3cccc(C(F)(F)F)c3)n2)C1. The van der Waals surface area contributed by atoms with Gasteiger partial charge in [-0.3, -0.25) is 14.7 Å². The lowest BCUT2D eigenvalue weighted by Crippen LogP contribution is -2.47. The number of hydrogen-bond donors (Lipinski definition) is 0. The molecule has 2 aliphatic heterocycles. The van der Waals surface area contributed by atoms with Gasteiger partial charge in [0, 0.05) is 43.9 Å². The van der Waals surface area contributed by atoms with Crippen LogP contribution in [-0.2, 0) is 15.7 Å². The third-order valence-corrected chi connectivity index (χ3v) is 5.79. The van der Waals surface area contributed by atoms with Crippen molar-refractivity contribution in [2.75, 3.05) is 45.9 Å². The molecule has 1 unspecified atom stereocenters. The summed E-state index contributed by atoms with van der Waals surface area (Å²) in [6, 6.07) is 5.11. The average molecular weight is 434 g/mol. The minimum Gasteiger partial charge on any atom is -0.379 e. The largest absolute Gasteiger partial charge is 0.416 e. The highest BCUT2D eigenvalue weighted by atomic mass is 19.4. The van der Waals surface area contributed by atoms with Gasteiger partial charge in [-0.2, -0.15) is 13.2 Å². The van der Waals surface area contributed by atoms with E-state index in [1.807, 2.05) is 4.90 Å². The number of nitrogens with zero attached hydrogens (tertiary/aromatic N) is 4. The van der Waals surface area contributed by atoms with Gasteiger partial charge in [0.1, 0.15) is 0 Å². The molecule has 1 amide bonds. The molecule has 9 heteroatoms. The van der Waals surface area contributed by atoms with Gasteiger partial charge >= 0.3 is 6.18 Å². The average Bonchev–Trinajstić information content (AvgIpc) is 2.79. The van der Waals surface area contributed by atoms with Crippen molar-refractivity contribution in [1.82, 2.24) is 19.8 Å². The highest BCUT2D eigenvalue weighted by molar-refractivity contribution is 5.78. The van der Waals surface area contributed by atoms with Crippen molar-refractivity contribution in [3.63, 3.8) is 0 Å². The molecule has 2 aliphatic rings. The Labute approximate surface area is 179 Å². The van der Waals surface area contributed by atoms with E-state index in [4.69, 9.17) is 4.74 Å². The molecule has 2 aromatic rings. The second-order valence-corrected chi connectivity index (χ2v) is 7.98. The summed E-state index contributed by atoms with van der Waals surface area (Å²) in [7, 11) is 0. The molecule has 3 heterocycles. The zero-order valence-electron chi connectivity index (χ0n) is 17.1. The molecule has 166 valence electrons. The number of likely N-dealkylation sites (tertiary alicyclic amines) is 1. The van der Waals surface area contributed by atoms with E-state index in [0.29, 0.717) is 49.8 Å². The second-order valence-electron chi connectivity index (χ2n) is 7.98. The minimum atomic E-state index is -4.41. The molecule has 0 radical (unpaired) electrons. The summed E-state index contributed by atoms with van der Waals surface area (Å²) in [5, 5.41) is 0. The van der Waals surface area contributed by atoms with Crippen LogP contribution in [0.25, 0.3) is 11.3 Å². The van der Waals surface area contributed by atoms with E-state index in [1.165, 1.54) is 12.3 Å². The van der Waals surface area contributed by atoms with Crippen LogP contribution in [0.3, 0.4) is 0 Å². The highest BCUT2D eigenvalue weighted by Crippen LogP contribution is 2.32. The molecule has 1 aromatic heterocycles. The summed E-state index contributed by atoms with van der Waals surface area (Å²) in [4.78, 5) is 25.6. The Morgan fingerprint density at radius 1 is 1.16 bits per heavy atom. The summed E-state index contributed by atoms with van der Waals surface area (Å²) in [5.41, 5.74) is 0.772. The van der Waals surface area contributed by atoms with Crippen molar-refractivity contribution >= 4 is 5.91 Å². The number of halogens is 3. The van der Waals surface area contributed by atoms with E-state index in [2.05, 4.69) is 14.9 Å². The zero-order chi connectivity index (χ0) is 21.8. The third-order valence-electron chi connectivity index (χ3n) is 5.79. The van der Waals surface area contributed by atoms with Crippen LogP contribution in [0.15, 0.2) is 36.7 Å². The van der Waals surface area contributed by atoms with Crippen LogP contribution in [-0.4, -0.2) is 71.6 Å². The summed E-state index contributed by atoms with van der Waals surface area (Å²) in [6.45, 7) is 4.44. The maximum atomic E-state index is 13.1. The first-order chi connectivity index (χ1) is 14.9. The maximum Gasteiger partial charge on any atom is 0.416 e. The Morgan fingerprint density at radius 2 is 1.97 bits per heavy atom. The van der Waals surface area contributed by atoms with Crippen molar-refractivity contribution < 1.29 is 22.7 Å². The topological polar surface area (TPSA) is 58.6 Å². The van der Waals surface area contributed by atoms with Gasteiger partial charge < -0.3 is 9.64 Å². The van der Waals surface area contributed by atoms with Gasteiger partial charge in [-0.1, -0.05) is 12.1 Å². The predicted molar refractivity (Wildman–Crippen MR) is 108 cm³/mol. The van der Waals surface area contributed by atoms with Gasteiger partial charge in [0.15, 0.2) is 0 Å². The first-order valence-electron chi connectivity index (χ1n) is 10.5. The van der Waals surface area contributed by atoms with E-state index >= 15 is 0 Å². The Hall–Kier alpha value is -2.52. The molecule has 0 N–H and O–H groups in total. The van der Waals surface area contributed by atoms with Gasteiger partial charge in [-0.05, 0) is 25.0 Å². The molecule has 2 fully saturated rings. The number of ether oxygens (including phenoxy) is 1. The first kappa shape index (κ1) is 21.7. The molecule has 6 nitrogen and oxygen atoms in total. The fraction of sp³-hybridized carbons (Fsp3) is 0.500. The van der Waals surface area contributed by atoms with Gasteiger partial charge in [0.2, 0.25) is 5.91 Å². The van der Waals surface area contributed by atoms with E-state index in [9.17, 15) is 18.0 Å². The number of rotatable bonds is 4. The van der Waals surface area contributed by atoms with E-state index < -0.39 is 11.7 Å². The van der Waals surface area contributed by atoms with E-state index in [0.717, 1.165) is 38.1 Å². The molecule has 0 spiro atoms. The fourth-order valence-corrected chi connectivity index (χ4v) is 4.07. The van der Waals surface area contributed by atoms with Crippen molar-refractivity contribution in [1.29, 1.82) is 0 Å². The van der Waals surface area contributed by atoms with Crippen LogP contribution in [0.4, 0.5) is 13.2 Å². The van der Waals surface area contributed by atoms with Crippen LogP contribution >= 0.6 is 0 Å². The molecular weight excluding hydrogens is 409 g/mol. The molecule has 0 saturated carbocycles. The number of benzene rings is 1. The number of morpholine rings is 1. The highest BCUT2D eigenvalue weighted by Gasteiger charge is 2.31. The molecule has 31 heavy (non-hydrogen) atoms. The van der Waals surface area contributed by atoms with Gasteiger partial charge in [0.05, 0.1) is 42.9 Å². The van der Waals surface area contributed by atoms with Crippen molar-refractivity contribution in [2.45, 2.75) is 24.9 Å². The number of carbonyl (C=O) groups excluding carboxylic acids is 1. The Bertz CT molecular complexity index is 916. The molecular formula is C22H25F3N4O2. The zero-order valence-corrected chi connectivity index (χ0v) is 17.1. The Kier molecular flexibility index (Phi) is 6.52. The van der Waals surface area contributed by atoms with Crippen molar-refractivity contribution in [2.24, 2.45) is 0 Å². The minimum absolute atomic E-state index is 0.0145. The quantitative estimate of drug-likeness (QED) is 0.740. The molecule has 0 aliphatic carbocycles. The Morgan fingerprint density at radius 3 is 2.74 bits per heavy atom. The molecule has 4 rings (SSSR count). The second kappa shape index (κ2) is 9.32. The van der Waals surface area contributed by atoms with Gasteiger partial charge in [0.25, 0.3) is 0 Å². The normalized spacial score (nSPS) is 20.6. The monoisotopic (exact) mass is 434 g/mol. The lowest BCUT2D eigenvalue weighted by atomic mass is 9.94. The standard InChI is InChI=1S/C22H25F3N4O2/c23-22(24,25)18-5-1-3-16(11-18)19-12-26-13-20(27-19)17-4-2-6-29(14-17)21(30)15-28-7-9-31-10-8-28/h1,3,5,11-13,17H,2,4,6-10,14-15H2. The number of hydrogen-bond acceptors (Lipinski definition) is 5. The predicted octanol–water partition coefficient (Wildman–Crippen LogP) is 3.20. The summed E-state index contributed by atoms with van der Waals surface area (Å²) >= 11 is 0. The maximum absolute atomic E-state index is 13.1. The van der Waals surface area contributed by atoms with Crippen LogP contribution < -0.4 is 0 Å². The number of alkyl halides is 3. The van der Waals surface area contributed by atoms with Crippen LogP contribution in [0, 0.1) is 0 Å². The molecule has 1 aromatic carbocycles. The molecule has 1 atom stereocenters. The summed E-state index contributed by atoms with van der Waals surface area (Å²) in [6.07, 6.45) is 0.434. The fourth-order valence-electron chi connectivity index (χ4n) is 4.07. The van der Waals surface area contributed by atoms with Gasteiger partial charge in [-0.15, -0.1) is 0 Å². The van der Waals surface area contributed by atoms with Gasteiger partial charge in [-0.25, -0.2) is 4.98 Å². The number of aromatic nitrogens is 2. The first-order valence-corrected chi connectivity index (χ1v) is 10.5. The van der Waals surface area contributed by atoms with E-state index in [1.54, 1.807) is 12.3 Å². The van der Waals surface area contributed by atoms with Crippen LogP contribution in [0.2, 0.25) is 0 Å². The number of piperidine rings is 1. The van der Waals surface area contributed by atoms with Crippen LogP contribution in [0.1, 0.15) is 30.0 Å². The number of carbonyl (C=O) groups is 1. The lowest BCUT2D eigenvalue weighted by Gasteiger charge is -2.34. The van der Waals surface area contributed by atoms with E-state index in [-0.39, 0.29) is 11.8 Å². The van der Waals surface area contributed by atoms with Crippen LogP contribution in [0.5, 0.6) is 0 Å². The summed E-state index contributed by atoms with van der Waals surface area (Å²) in [5.74, 6) is 0.106. The Balaban J connectivity index is 1.46. The smallest absolute Gasteiger partial charge is 0.379 e. The van der Waals surface area contributed by atoms with Crippen molar-refractivity contribution in [3.8, 4) is 11.3 Å². The lowest BCUT2D eigenvalue weighted by molar-refractivity contribution is -0.137. The third kappa shape index (κ3) is 5.40. The molecule has 2 saturated heterocycles. The number of amides is 1. The summed E-state index contributed by atoms with van der Waals surface area (Å²) < 4.78 is 44.5.